The Morgan fingerprint density at radius 1 is 1.07 bits per heavy atom. The number of hydrogen-bond donors (Lipinski definition) is 2. The van der Waals surface area contributed by atoms with E-state index in [1.165, 1.54) is 0 Å². The van der Waals surface area contributed by atoms with Gasteiger partial charge in [-0.3, -0.25) is 4.79 Å². The van der Waals surface area contributed by atoms with Gasteiger partial charge in [0, 0.05) is 18.5 Å². The van der Waals surface area contributed by atoms with E-state index in [-0.39, 0.29) is 12.0 Å². The standard InChI is InChI=1S/C18H24F4N2O3/c1-16(2,3)27-15(26)24-17(4,5)9-14(25)23-10-11-6-7-12(19)8-13(11)18(20,21)22/h6-8H,9-10H2,1-5H3,(H,23,25)(H,24,26). The molecule has 9 heteroatoms. The summed E-state index contributed by atoms with van der Waals surface area (Å²) in [5.74, 6) is -1.59. The van der Waals surface area contributed by atoms with E-state index in [9.17, 15) is 27.2 Å². The summed E-state index contributed by atoms with van der Waals surface area (Å²) in [5, 5.41) is 4.89. The van der Waals surface area contributed by atoms with Crippen LogP contribution in [0, 0.1) is 5.82 Å². The lowest BCUT2D eigenvalue weighted by molar-refractivity contribution is -0.138. The molecule has 0 aliphatic carbocycles. The fourth-order valence-corrected chi connectivity index (χ4v) is 2.25. The maximum atomic E-state index is 13.1. The van der Waals surface area contributed by atoms with E-state index in [1.54, 1.807) is 34.6 Å². The number of carbonyl (C=O) groups excluding carboxylic acids is 2. The number of amides is 2. The average molecular weight is 392 g/mol. The largest absolute Gasteiger partial charge is 0.444 e. The third kappa shape index (κ3) is 8.27. The Labute approximate surface area is 155 Å². The van der Waals surface area contributed by atoms with Crippen LogP contribution >= 0.6 is 0 Å². The highest BCUT2D eigenvalue weighted by Gasteiger charge is 2.34. The number of alkyl carbamates (subject to hydrolysis) is 1. The molecule has 0 heterocycles. The van der Waals surface area contributed by atoms with Crippen molar-refractivity contribution >= 4 is 12.0 Å². The summed E-state index contributed by atoms with van der Waals surface area (Å²) in [7, 11) is 0. The summed E-state index contributed by atoms with van der Waals surface area (Å²) in [6, 6.07) is 2.25. The number of benzene rings is 1. The number of hydrogen-bond acceptors (Lipinski definition) is 3. The minimum Gasteiger partial charge on any atom is -0.444 e. The molecule has 1 aromatic carbocycles. The van der Waals surface area contributed by atoms with Crippen molar-refractivity contribution in [2.75, 3.05) is 0 Å². The van der Waals surface area contributed by atoms with Crippen molar-refractivity contribution < 1.29 is 31.9 Å². The van der Waals surface area contributed by atoms with Gasteiger partial charge in [-0.1, -0.05) is 6.07 Å². The zero-order valence-corrected chi connectivity index (χ0v) is 15.9. The van der Waals surface area contributed by atoms with E-state index in [0.29, 0.717) is 6.07 Å². The third-order valence-electron chi connectivity index (χ3n) is 3.30. The maximum Gasteiger partial charge on any atom is 0.416 e. The van der Waals surface area contributed by atoms with Crippen LogP contribution in [0.15, 0.2) is 18.2 Å². The Balaban J connectivity index is 2.69. The Hall–Kier alpha value is -2.32. The molecule has 2 amide bonds. The summed E-state index contributed by atoms with van der Waals surface area (Å²) in [6.07, 6.45) is -5.63. The van der Waals surface area contributed by atoms with Crippen LogP contribution in [0.2, 0.25) is 0 Å². The normalized spacial score (nSPS) is 12.5. The van der Waals surface area contributed by atoms with Crippen molar-refractivity contribution in [1.82, 2.24) is 10.6 Å². The quantitative estimate of drug-likeness (QED) is 0.740. The zero-order valence-electron chi connectivity index (χ0n) is 15.9. The van der Waals surface area contributed by atoms with Crippen LogP contribution in [0.4, 0.5) is 22.4 Å². The molecule has 27 heavy (non-hydrogen) atoms. The van der Waals surface area contributed by atoms with Gasteiger partial charge >= 0.3 is 12.3 Å². The Kier molecular flexibility index (Phi) is 6.85. The first kappa shape index (κ1) is 22.7. The molecular weight excluding hydrogens is 368 g/mol. The van der Waals surface area contributed by atoms with Crippen molar-refractivity contribution in [1.29, 1.82) is 0 Å². The highest BCUT2D eigenvalue weighted by molar-refractivity contribution is 5.78. The minimum absolute atomic E-state index is 0.186. The molecule has 0 saturated heterocycles. The minimum atomic E-state index is -4.74. The van der Waals surface area contributed by atoms with E-state index >= 15 is 0 Å². The number of ether oxygens (including phenoxy) is 1. The van der Waals surface area contributed by atoms with Crippen LogP contribution in [-0.2, 0) is 22.3 Å². The molecule has 0 unspecified atom stereocenters. The second kappa shape index (κ2) is 8.14. The first-order chi connectivity index (χ1) is 12.1. The fraction of sp³-hybridized carbons (Fsp3) is 0.556. The highest BCUT2D eigenvalue weighted by Crippen LogP contribution is 2.32. The smallest absolute Gasteiger partial charge is 0.416 e. The van der Waals surface area contributed by atoms with Gasteiger partial charge in [0.05, 0.1) is 5.56 Å². The summed E-state index contributed by atoms with van der Waals surface area (Å²) in [4.78, 5) is 23.9. The number of carbonyl (C=O) groups is 2. The summed E-state index contributed by atoms with van der Waals surface area (Å²) < 4.78 is 57.1. The Bertz CT molecular complexity index is 695. The average Bonchev–Trinajstić information content (AvgIpc) is 2.41. The van der Waals surface area contributed by atoms with Crippen LogP contribution in [0.3, 0.4) is 0 Å². The van der Waals surface area contributed by atoms with E-state index in [4.69, 9.17) is 4.74 Å². The first-order valence-electron chi connectivity index (χ1n) is 8.22. The maximum absolute atomic E-state index is 13.1. The molecule has 1 aromatic rings. The number of halogens is 4. The van der Waals surface area contributed by atoms with E-state index in [2.05, 4.69) is 10.6 Å². The monoisotopic (exact) mass is 392 g/mol. The lowest BCUT2D eigenvalue weighted by atomic mass is 10.00. The lowest BCUT2D eigenvalue weighted by Gasteiger charge is -2.28. The number of rotatable bonds is 5. The van der Waals surface area contributed by atoms with Gasteiger partial charge in [0.1, 0.15) is 11.4 Å². The Morgan fingerprint density at radius 2 is 1.67 bits per heavy atom. The van der Waals surface area contributed by atoms with Crippen LogP contribution in [0.1, 0.15) is 52.2 Å². The molecule has 5 nitrogen and oxygen atoms in total. The molecule has 0 atom stereocenters. The molecule has 2 N–H and O–H groups in total. The molecule has 152 valence electrons. The molecule has 1 rings (SSSR count). The van der Waals surface area contributed by atoms with E-state index < -0.39 is 47.2 Å². The predicted octanol–water partition coefficient (Wildman–Crippen LogP) is 4.15. The van der Waals surface area contributed by atoms with Gasteiger partial charge < -0.3 is 15.4 Å². The van der Waals surface area contributed by atoms with Gasteiger partial charge in [0.15, 0.2) is 0 Å². The van der Waals surface area contributed by atoms with Crippen LogP contribution in [0.25, 0.3) is 0 Å². The van der Waals surface area contributed by atoms with Crippen molar-refractivity contribution in [2.45, 2.75) is 64.9 Å². The number of nitrogens with one attached hydrogen (secondary N) is 2. The zero-order chi connectivity index (χ0) is 21.0. The predicted molar refractivity (Wildman–Crippen MR) is 91.3 cm³/mol. The molecule has 0 aliphatic rings. The summed E-state index contributed by atoms with van der Waals surface area (Å²) in [5.41, 5.74) is -3.09. The molecule has 0 aliphatic heterocycles. The van der Waals surface area contributed by atoms with Gasteiger partial charge in [-0.25, -0.2) is 9.18 Å². The van der Waals surface area contributed by atoms with Crippen LogP contribution in [0.5, 0.6) is 0 Å². The first-order valence-corrected chi connectivity index (χ1v) is 8.22. The van der Waals surface area contributed by atoms with Crippen molar-refractivity contribution in [3.63, 3.8) is 0 Å². The summed E-state index contributed by atoms with van der Waals surface area (Å²) in [6.45, 7) is 7.80. The van der Waals surface area contributed by atoms with Gasteiger partial charge in [-0.05, 0) is 52.3 Å². The van der Waals surface area contributed by atoms with Crippen LogP contribution in [-0.4, -0.2) is 23.1 Å². The SMILES string of the molecule is CC(C)(CC(=O)NCc1ccc(F)cc1C(F)(F)F)NC(=O)OC(C)(C)C. The second-order valence-electron chi connectivity index (χ2n) is 7.76. The van der Waals surface area contributed by atoms with E-state index in [1.807, 2.05) is 0 Å². The fourth-order valence-electron chi connectivity index (χ4n) is 2.25. The van der Waals surface area contributed by atoms with Gasteiger partial charge in [0.2, 0.25) is 5.91 Å². The van der Waals surface area contributed by atoms with Crippen molar-refractivity contribution in [2.24, 2.45) is 0 Å². The topological polar surface area (TPSA) is 67.4 Å². The highest BCUT2D eigenvalue weighted by atomic mass is 19.4. The molecule has 0 radical (unpaired) electrons. The molecule has 0 aromatic heterocycles. The molecule has 0 spiro atoms. The van der Waals surface area contributed by atoms with Gasteiger partial charge in [0.25, 0.3) is 0 Å². The molecule has 0 saturated carbocycles. The van der Waals surface area contributed by atoms with Crippen molar-refractivity contribution in [3.05, 3.63) is 35.1 Å². The van der Waals surface area contributed by atoms with E-state index in [0.717, 1.165) is 12.1 Å². The molecule has 0 fully saturated rings. The van der Waals surface area contributed by atoms with Crippen molar-refractivity contribution in [3.8, 4) is 0 Å². The molecular formula is C18H24F4N2O3. The number of alkyl halides is 3. The van der Waals surface area contributed by atoms with Crippen LogP contribution < -0.4 is 10.6 Å². The van der Waals surface area contributed by atoms with Gasteiger partial charge in [-0.15, -0.1) is 0 Å². The molecule has 0 bridgehead atoms. The Morgan fingerprint density at radius 3 is 2.19 bits per heavy atom. The third-order valence-corrected chi connectivity index (χ3v) is 3.30. The summed E-state index contributed by atoms with van der Waals surface area (Å²) >= 11 is 0. The second-order valence-corrected chi connectivity index (χ2v) is 7.76. The lowest BCUT2D eigenvalue weighted by Crippen LogP contribution is -2.48. The van der Waals surface area contributed by atoms with Gasteiger partial charge in [-0.2, -0.15) is 13.2 Å².